The molecule has 1 aliphatic rings. The predicted octanol–water partition coefficient (Wildman–Crippen LogP) is 2.95. The lowest BCUT2D eigenvalue weighted by atomic mass is 10.2. The van der Waals surface area contributed by atoms with Crippen molar-refractivity contribution in [2.45, 2.75) is 11.8 Å². The first-order valence-electron chi connectivity index (χ1n) is 9.09. The summed E-state index contributed by atoms with van der Waals surface area (Å²) in [7, 11) is -2.12. The number of nitrogens with zero attached hydrogens (tertiary/aromatic N) is 2. The van der Waals surface area contributed by atoms with Crippen molar-refractivity contribution >= 4 is 27.1 Å². The van der Waals surface area contributed by atoms with Gasteiger partial charge in [0, 0.05) is 44.5 Å². The molecule has 1 saturated heterocycles. The van der Waals surface area contributed by atoms with Crippen molar-refractivity contribution in [1.29, 1.82) is 0 Å². The normalized spacial score (nSPS) is 15.5. The van der Waals surface area contributed by atoms with Crippen LogP contribution in [0.2, 0.25) is 0 Å². The SMILES string of the molecule is CCNc1cc(N2CCN(C)CC2)ccc1NS(=O)(=O)c1ccc(F)cc1F. The van der Waals surface area contributed by atoms with Crippen LogP contribution in [0, 0.1) is 11.6 Å². The third kappa shape index (κ3) is 4.53. The Kier molecular flexibility index (Phi) is 6.04. The standard InChI is InChI=1S/C19H24F2N4O2S/c1-3-22-18-13-15(25-10-8-24(2)9-11-25)5-6-17(18)23-28(26,27)19-7-4-14(20)12-16(19)21/h4-7,12-13,22-23H,3,8-11H2,1-2H3. The van der Waals surface area contributed by atoms with E-state index < -0.39 is 26.6 Å². The molecule has 2 aromatic rings. The predicted molar refractivity (Wildman–Crippen MR) is 107 cm³/mol. The Labute approximate surface area is 164 Å². The highest BCUT2D eigenvalue weighted by Gasteiger charge is 2.22. The van der Waals surface area contributed by atoms with E-state index in [4.69, 9.17) is 0 Å². The van der Waals surface area contributed by atoms with Crippen LogP contribution in [0.5, 0.6) is 0 Å². The highest BCUT2D eigenvalue weighted by Crippen LogP contribution is 2.30. The van der Waals surface area contributed by atoms with Gasteiger partial charge in [0.05, 0.1) is 11.4 Å². The number of nitrogens with one attached hydrogen (secondary N) is 2. The monoisotopic (exact) mass is 410 g/mol. The average Bonchev–Trinajstić information content (AvgIpc) is 2.63. The summed E-state index contributed by atoms with van der Waals surface area (Å²) in [6.45, 7) is 6.16. The van der Waals surface area contributed by atoms with E-state index in [0.717, 1.165) is 44.0 Å². The molecule has 0 unspecified atom stereocenters. The molecule has 1 fully saturated rings. The molecule has 2 aromatic carbocycles. The Bertz CT molecular complexity index is 945. The van der Waals surface area contributed by atoms with Gasteiger partial charge in [-0.1, -0.05) is 0 Å². The first-order chi connectivity index (χ1) is 13.3. The molecular weight excluding hydrogens is 386 g/mol. The van der Waals surface area contributed by atoms with Gasteiger partial charge in [0.25, 0.3) is 10.0 Å². The van der Waals surface area contributed by atoms with Crippen molar-refractivity contribution in [3.8, 4) is 0 Å². The molecule has 0 aromatic heterocycles. The largest absolute Gasteiger partial charge is 0.384 e. The molecule has 1 heterocycles. The quantitative estimate of drug-likeness (QED) is 0.767. The van der Waals surface area contributed by atoms with Crippen LogP contribution in [0.4, 0.5) is 25.8 Å². The molecule has 0 spiro atoms. The number of hydrogen-bond donors (Lipinski definition) is 2. The number of hydrogen-bond acceptors (Lipinski definition) is 5. The molecule has 28 heavy (non-hydrogen) atoms. The van der Waals surface area contributed by atoms with Crippen molar-refractivity contribution < 1.29 is 17.2 Å². The Morgan fingerprint density at radius 3 is 2.36 bits per heavy atom. The van der Waals surface area contributed by atoms with E-state index in [9.17, 15) is 17.2 Å². The highest BCUT2D eigenvalue weighted by atomic mass is 32.2. The Morgan fingerprint density at radius 1 is 1.00 bits per heavy atom. The lowest BCUT2D eigenvalue weighted by Crippen LogP contribution is -2.44. The van der Waals surface area contributed by atoms with E-state index in [0.29, 0.717) is 24.0 Å². The lowest BCUT2D eigenvalue weighted by Gasteiger charge is -2.34. The van der Waals surface area contributed by atoms with Gasteiger partial charge in [-0.25, -0.2) is 17.2 Å². The average molecular weight is 410 g/mol. The summed E-state index contributed by atoms with van der Waals surface area (Å²) in [5.74, 6) is -1.96. The van der Waals surface area contributed by atoms with Crippen LogP contribution < -0.4 is 14.9 Å². The molecular formula is C19H24F2N4O2S. The van der Waals surface area contributed by atoms with Crippen LogP contribution in [-0.2, 0) is 10.0 Å². The fraction of sp³-hybridized carbons (Fsp3) is 0.368. The number of anilines is 3. The van der Waals surface area contributed by atoms with Gasteiger partial charge in [0.15, 0.2) is 0 Å². The third-order valence-electron chi connectivity index (χ3n) is 4.67. The van der Waals surface area contributed by atoms with E-state index in [2.05, 4.69) is 26.9 Å². The number of rotatable bonds is 6. The van der Waals surface area contributed by atoms with E-state index in [1.54, 1.807) is 6.07 Å². The third-order valence-corrected chi connectivity index (χ3v) is 6.07. The van der Waals surface area contributed by atoms with Crippen molar-refractivity contribution in [1.82, 2.24) is 4.90 Å². The molecule has 9 heteroatoms. The number of likely N-dealkylation sites (N-methyl/N-ethyl adjacent to an activating group) is 1. The summed E-state index contributed by atoms with van der Waals surface area (Å²) in [5, 5.41) is 3.14. The second-order valence-corrected chi connectivity index (χ2v) is 8.38. The van der Waals surface area contributed by atoms with Crippen LogP contribution in [0.15, 0.2) is 41.3 Å². The zero-order valence-electron chi connectivity index (χ0n) is 15.9. The maximum Gasteiger partial charge on any atom is 0.264 e. The maximum atomic E-state index is 14.0. The molecule has 0 atom stereocenters. The van der Waals surface area contributed by atoms with Crippen molar-refractivity contribution in [3.05, 3.63) is 48.0 Å². The minimum atomic E-state index is -4.20. The molecule has 2 N–H and O–H groups in total. The number of sulfonamides is 1. The van der Waals surface area contributed by atoms with Gasteiger partial charge in [-0.3, -0.25) is 4.72 Å². The minimum Gasteiger partial charge on any atom is -0.384 e. The van der Waals surface area contributed by atoms with Crippen molar-refractivity contribution in [2.75, 3.05) is 54.7 Å². The molecule has 0 amide bonds. The van der Waals surface area contributed by atoms with Gasteiger partial charge >= 0.3 is 0 Å². The van der Waals surface area contributed by atoms with Crippen molar-refractivity contribution in [3.63, 3.8) is 0 Å². The maximum absolute atomic E-state index is 14.0. The number of benzene rings is 2. The molecule has 3 rings (SSSR count). The summed E-state index contributed by atoms with van der Waals surface area (Å²) in [5.41, 5.74) is 1.90. The van der Waals surface area contributed by atoms with E-state index in [1.165, 1.54) is 0 Å². The van der Waals surface area contributed by atoms with Crippen LogP contribution in [0.3, 0.4) is 0 Å². The molecule has 1 aliphatic heterocycles. The molecule has 0 saturated carbocycles. The summed E-state index contributed by atoms with van der Waals surface area (Å²) >= 11 is 0. The molecule has 0 bridgehead atoms. The lowest BCUT2D eigenvalue weighted by molar-refractivity contribution is 0.313. The van der Waals surface area contributed by atoms with Gasteiger partial charge in [-0.05, 0) is 44.3 Å². The molecule has 6 nitrogen and oxygen atoms in total. The summed E-state index contributed by atoms with van der Waals surface area (Å²) in [6, 6.07) is 7.76. The summed E-state index contributed by atoms with van der Waals surface area (Å²) < 4.78 is 54.6. The second-order valence-electron chi connectivity index (χ2n) is 6.73. The highest BCUT2D eigenvalue weighted by molar-refractivity contribution is 7.92. The molecule has 0 aliphatic carbocycles. The number of halogens is 2. The molecule has 152 valence electrons. The van der Waals surface area contributed by atoms with Crippen LogP contribution in [0.25, 0.3) is 0 Å². The van der Waals surface area contributed by atoms with Crippen LogP contribution in [0.1, 0.15) is 6.92 Å². The minimum absolute atomic E-state index is 0.309. The smallest absolute Gasteiger partial charge is 0.264 e. The van der Waals surface area contributed by atoms with E-state index in [1.807, 2.05) is 19.1 Å². The van der Waals surface area contributed by atoms with Gasteiger partial charge in [-0.15, -0.1) is 0 Å². The number of piperazine rings is 1. The first kappa shape index (κ1) is 20.3. The van der Waals surface area contributed by atoms with Crippen molar-refractivity contribution in [2.24, 2.45) is 0 Å². The van der Waals surface area contributed by atoms with Gasteiger partial charge in [0.2, 0.25) is 0 Å². The molecule has 0 radical (unpaired) electrons. The second kappa shape index (κ2) is 8.32. The van der Waals surface area contributed by atoms with E-state index >= 15 is 0 Å². The fourth-order valence-corrected chi connectivity index (χ4v) is 4.25. The fourth-order valence-electron chi connectivity index (χ4n) is 3.11. The Balaban J connectivity index is 1.88. The van der Waals surface area contributed by atoms with Crippen LogP contribution in [-0.4, -0.2) is 53.1 Å². The zero-order chi connectivity index (χ0) is 20.3. The van der Waals surface area contributed by atoms with Gasteiger partial charge in [-0.2, -0.15) is 0 Å². The first-order valence-corrected chi connectivity index (χ1v) is 10.6. The van der Waals surface area contributed by atoms with Gasteiger partial charge in [0.1, 0.15) is 16.5 Å². The Morgan fingerprint density at radius 2 is 1.71 bits per heavy atom. The zero-order valence-corrected chi connectivity index (χ0v) is 16.7. The van der Waals surface area contributed by atoms with Crippen LogP contribution >= 0.6 is 0 Å². The summed E-state index contributed by atoms with van der Waals surface area (Å²) in [6.07, 6.45) is 0. The Hall–Kier alpha value is -2.39. The van der Waals surface area contributed by atoms with E-state index in [-0.39, 0.29) is 0 Å². The summed E-state index contributed by atoms with van der Waals surface area (Å²) in [4.78, 5) is 3.89. The van der Waals surface area contributed by atoms with Gasteiger partial charge < -0.3 is 15.1 Å². The topological polar surface area (TPSA) is 64.7 Å².